The predicted octanol–water partition coefficient (Wildman–Crippen LogP) is -5.26. The molecule has 0 bridgehead atoms. The van der Waals surface area contributed by atoms with Crippen molar-refractivity contribution in [2.75, 3.05) is 51.6 Å². The van der Waals surface area contributed by atoms with Crippen molar-refractivity contribution in [3.05, 3.63) is 71.9 Å². The first-order chi connectivity index (χ1) is 66.6. The first kappa shape index (κ1) is 116. The van der Waals surface area contributed by atoms with Gasteiger partial charge < -0.3 is 142 Å². The third-order valence-electron chi connectivity index (χ3n) is 23.7. The van der Waals surface area contributed by atoms with E-state index in [1.807, 2.05) is 27.7 Å². The SMILES string of the molecule is CC(C)C[C@H](NC(=O)[C@H](C)NC(=O)[C@@H](N)CCC(=O)O)C(=O)N[C@@H](C)C(=O)N[C@@H](CO)C(=O)NCC(=O)N[C@@H](C)C(=O)N[C@@H](Cc1c[nH]c2ccccc12)C(=O)N1CCC[C@H]1C(=O)N[C@@H](CC(C)C)C(=O)N1CCC[C@H]1C(=O)N[C@@H](CC(C)C)C(=O)N1CCC[C@H]1C(=O)N[C@@H](Cc1ccccc1)C(=O)N[C@@H](CS)C(=O)N[C@@H](CCCNC(=N)N)C(=O)N[C@@H](CCCNC(=N)N)C(=O)N[C@@H](CC(=O)O)C(=O)O. The molecule has 17 atom stereocenters. The van der Waals surface area contributed by atoms with Crippen LogP contribution in [-0.2, 0) is 109 Å². The molecule has 4 heterocycles. The molecule has 3 aliphatic heterocycles. The Balaban J connectivity index is 1.12. The predicted molar refractivity (Wildman–Crippen MR) is 514 cm³/mol. The van der Waals surface area contributed by atoms with Crippen molar-refractivity contribution in [3.63, 3.8) is 0 Å². The number of H-pyrrole nitrogens is 1. The van der Waals surface area contributed by atoms with Crippen LogP contribution in [0.5, 0.6) is 0 Å². The number of likely N-dealkylation sites (tertiary alicyclic amines) is 3. The van der Waals surface area contributed by atoms with Gasteiger partial charge in [-0.15, -0.1) is 0 Å². The van der Waals surface area contributed by atoms with E-state index >= 15 is 14.4 Å². The molecular formula is C91H139N25O24S. The van der Waals surface area contributed by atoms with Gasteiger partial charge in [0.2, 0.25) is 100 Å². The number of nitrogens with zero attached hydrogens (tertiary/aromatic N) is 3. The van der Waals surface area contributed by atoms with Crippen LogP contribution >= 0.6 is 12.6 Å². The summed E-state index contributed by atoms with van der Waals surface area (Å²) in [4.78, 5) is 283. The summed E-state index contributed by atoms with van der Waals surface area (Å²) in [6, 6.07) is -8.20. The van der Waals surface area contributed by atoms with Crippen molar-refractivity contribution in [2.24, 2.45) is 35.0 Å². The Morgan fingerprint density at radius 3 is 1.28 bits per heavy atom. The minimum absolute atomic E-state index is 0.000180. The van der Waals surface area contributed by atoms with Crippen LogP contribution in [0.25, 0.3) is 10.9 Å². The number of aliphatic carboxylic acids is 3. The van der Waals surface area contributed by atoms with Crippen LogP contribution in [0.4, 0.5) is 0 Å². The van der Waals surface area contributed by atoms with Gasteiger partial charge in [0.05, 0.1) is 25.6 Å². The zero-order valence-electron chi connectivity index (χ0n) is 80.7. The summed E-state index contributed by atoms with van der Waals surface area (Å²) < 4.78 is 0. The Morgan fingerprint density at radius 1 is 0.426 bits per heavy atom. The number of aliphatic hydroxyl groups excluding tert-OH is 1. The number of amides is 17. The zero-order chi connectivity index (χ0) is 105. The highest BCUT2D eigenvalue weighted by Gasteiger charge is 2.46. The number of aromatic nitrogens is 1. The molecule has 0 radical (unpaired) electrons. The second-order valence-corrected chi connectivity index (χ2v) is 37.0. The number of nitrogens with one attached hydrogen (secondary N) is 19. The minimum Gasteiger partial charge on any atom is -0.481 e. The largest absolute Gasteiger partial charge is 0.481 e. The number of carbonyl (C=O) groups is 20. The van der Waals surface area contributed by atoms with Crippen LogP contribution in [0.2, 0.25) is 0 Å². The lowest BCUT2D eigenvalue weighted by Crippen LogP contribution is -2.61. The molecular weight excluding hydrogens is 1860 g/mol. The summed E-state index contributed by atoms with van der Waals surface area (Å²) in [5.41, 5.74) is 18.5. The van der Waals surface area contributed by atoms with Gasteiger partial charge in [0.15, 0.2) is 11.9 Å². The molecule has 49 nitrogen and oxygen atoms in total. The Kier molecular flexibility index (Phi) is 46.9. The normalized spacial score (nSPS) is 17.5. The molecule has 2 aromatic carbocycles. The average Bonchev–Trinajstić information content (AvgIpc) is 1.62. The van der Waals surface area contributed by atoms with E-state index in [-0.39, 0.29) is 134 Å². The Hall–Kier alpha value is -13.8. The average molecular weight is 2000 g/mol. The topological polar surface area (TPSA) is 766 Å². The third kappa shape index (κ3) is 37.4. The number of fused-ring (bicyclic) bond motifs is 1. The lowest BCUT2D eigenvalue weighted by atomic mass is 10.00. The summed E-state index contributed by atoms with van der Waals surface area (Å²) in [7, 11) is 0. The molecule has 0 aliphatic carbocycles. The van der Waals surface area contributed by atoms with Gasteiger partial charge in [0.25, 0.3) is 0 Å². The fourth-order valence-electron chi connectivity index (χ4n) is 16.3. The number of carbonyl (C=O) groups excluding carboxylic acids is 17. The van der Waals surface area contributed by atoms with E-state index in [0.717, 1.165) is 0 Å². The maximum atomic E-state index is 15.2. The number of aliphatic hydroxyl groups is 1. The van der Waals surface area contributed by atoms with Gasteiger partial charge in [-0.1, -0.05) is 90.1 Å². The van der Waals surface area contributed by atoms with E-state index in [4.69, 9.17) is 33.1 Å². The molecule has 0 unspecified atom stereocenters. The smallest absolute Gasteiger partial charge is 0.326 e. The number of nitrogens with two attached hydrogens (primary N) is 3. The van der Waals surface area contributed by atoms with E-state index in [1.54, 1.807) is 74.6 Å². The van der Waals surface area contributed by atoms with Gasteiger partial charge in [-0.05, 0) is 146 Å². The first-order valence-corrected chi connectivity index (χ1v) is 47.8. The molecule has 50 heteroatoms. The number of hydrogen-bond donors (Lipinski definition) is 27. The monoisotopic (exact) mass is 2000 g/mol. The maximum absolute atomic E-state index is 15.2. The quantitative estimate of drug-likeness (QED) is 0.0109. The van der Waals surface area contributed by atoms with Crippen molar-refractivity contribution in [3.8, 4) is 0 Å². The van der Waals surface area contributed by atoms with Gasteiger partial charge in [-0.3, -0.25) is 102 Å². The van der Waals surface area contributed by atoms with Crippen LogP contribution in [0.1, 0.15) is 176 Å². The summed E-state index contributed by atoms with van der Waals surface area (Å²) in [6.45, 7) is 12.9. The van der Waals surface area contributed by atoms with E-state index in [1.165, 1.54) is 35.5 Å². The molecule has 0 spiro atoms. The summed E-state index contributed by atoms with van der Waals surface area (Å²) in [6.07, 6.45) is 0.812. The summed E-state index contributed by atoms with van der Waals surface area (Å²) in [5.74, 6) is -20.9. The van der Waals surface area contributed by atoms with Crippen molar-refractivity contribution in [2.45, 2.75) is 281 Å². The number of carboxylic acid groups (broad SMARTS) is 3. The van der Waals surface area contributed by atoms with E-state index in [2.05, 4.69) is 103 Å². The number of carboxylic acids is 3. The standard InChI is InChI=1S/C91H139N25O24S/c1-46(2)36-59(106-74(124)50(8)102-76(126)55(92)29-30-71(119)120)80(130)103-51(9)75(125)112-65(44-117)77(127)100-43-70(118)101-49(7)73(123)108-63(40-53-42-99-56-23-14-13-22-54(53)56)88(138)116-35-19-28-69(116)85(135)110-62(38-48(5)6)87(137)115-34-18-27-68(115)84(134)109-61(37-47(3)4)86(136)114-33-17-26-67(114)83(133)107-60(39-52-20-11-10-12-21-52)81(131)113-66(45-141)82(132)105-57(24-15-31-97-90(93)94)78(128)104-58(25-16-32-98-91(95)96)79(129)111-64(89(139)140)41-72(121)122/h10-14,20-23,42,46-51,55,57-69,99,117,141H,15-19,24-41,43-45,92H2,1-9H3,(H,100,127)(H,101,118)(H,102,126)(H,103,130)(H,104,128)(H,105,132)(H,106,124)(H,107,133)(H,108,123)(H,109,134)(H,110,135)(H,111,129)(H,112,125)(H,113,131)(H,119,120)(H,121,122)(H,139,140)(H4,93,94,97)(H4,95,96,98)/t49-,50-,51-,55-,57-,58-,59-,60-,61-,62-,63-,64-,65-,66-,67-,68-,69-/m0/s1. The zero-order valence-corrected chi connectivity index (χ0v) is 81.6. The fraction of sp³-hybridized carbons (Fsp3) is 0.604. The van der Waals surface area contributed by atoms with Crippen LogP contribution in [-0.4, -0.2) is 325 Å². The van der Waals surface area contributed by atoms with Gasteiger partial charge >= 0.3 is 17.9 Å². The van der Waals surface area contributed by atoms with Crippen LogP contribution in [0.15, 0.2) is 60.8 Å². The Bertz CT molecular complexity index is 4930. The van der Waals surface area contributed by atoms with Crippen molar-refractivity contribution in [1.29, 1.82) is 10.8 Å². The van der Waals surface area contributed by atoms with E-state index in [9.17, 15) is 96.8 Å². The fourth-order valence-corrected chi connectivity index (χ4v) is 16.6. The molecule has 3 saturated heterocycles. The van der Waals surface area contributed by atoms with E-state index < -0.39 is 265 Å². The number of para-hydroxylation sites is 1. The minimum atomic E-state index is -1.93. The van der Waals surface area contributed by atoms with Crippen molar-refractivity contribution in [1.82, 2.24) is 105 Å². The molecule has 17 amide bonds. The molecule has 6 rings (SSSR count). The molecule has 778 valence electrons. The molecule has 29 N–H and O–H groups in total. The Morgan fingerprint density at radius 2 is 0.823 bits per heavy atom. The highest BCUT2D eigenvalue weighted by molar-refractivity contribution is 7.80. The molecule has 1 aromatic heterocycles. The maximum Gasteiger partial charge on any atom is 0.326 e. The van der Waals surface area contributed by atoms with E-state index in [0.29, 0.717) is 41.3 Å². The Labute approximate surface area is 820 Å². The lowest BCUT2D eigenvalue weighted by Gasteiger charge is -2.34. The second-order valence-electron chi connectivity index (χ2n) is 36.6. The van der Waals surface area contributed by atoms with Gasteiger partial charge in [-0.2, -0.15) is 12.6 Å². The lowest BCUT2D eigenvalue weighted by molar-refractivity contribution is -0.147. The number of aromatic amines is 1. The number of guanidine groups is 2. The van der Waals surface area contributed by atoms with Gasteiger partial charge in [0.1, 0.15) is 96.7 Å². The van der Waals surface area contributed by atoms with Gasteiger partial charge in [-0.25, -0.2) is 4.79 Å². The number of benzene rings is 2. The number of rotatable bonds is 57. The summed E-state index contributed by atoms with van der Waals surface area (Å²) in [5, 5.41) is 94.5. The highest BCUT2D eigenvalue weighted by Crippen LogP contribution is 2.28. The summed E-state index contributed by atoms with van der Waals surface area (Å²) >= 11 is 4.36. The molecule has 3 aliphatic rings. The molecule has 3 fully saturated rings. The van der Waals surface area contributed by atoms with Gasteiger partial charge in [0, 0.05) is 74.8 Å². The van der Waals surface area contributed by atoms with Crippen LogP contribution < -0.4 is 102 Å². The van der Waals surface area contributed by atoms with Crippen LogP contribution in [0, 0.1) is 28.6 Å². The third-order valence-corrected chi connectivity index (χ3v) is 24.1. The van der Waals surface area contributed by atoms with Crippen molar-refractivity contribution < 1.29 is 116 Å². The highest BCUT2D eigenvalue weighted by atomic mass is 32.1. The molecule has 3 aromatic rings. The van der Waals surface area contributed by atoms with Crippen LogP contribution in [0.3, 0.4) is 0 Å². The first-order valence-electron chi connectivity index (χ1n) is 47.1. The molecule has 141 heavy (non-hydrogen) atoms. The number of thiol groups is 1. The molecule has 0 saturated carbocycles. The van der Waals surface area contributed by atoms with Crippen molar-refractivity contribution >= 4 is 154 Å². The second kappa shape index (κ2) is 57.0. The number of hydrogen-bond acceptors (Lipinski definition) is 25.